The molecule has 0 saturated heterocycles. The van der Waals surface area contributed by atoms with E-state index < -0.39 is 0 Å². The second-order valence-corrected chi connectivity index (χ2v) is 7.14. The van der Waals surface area contributed by atoms with Crippen molar-refractivity contribution in [2.24, 2.45) is 5.92 Å². The third kappa shape index (κ3) is 5.13. The zero-order valence-electron chi connectivity index (χ0n) is 16.3. The molecule has 1 heterocycles. The summed E-state index contributed by atoms with van der Waals surface area (Å²) in [7, 11) is 1.37. The number of hydrogen-bond donors (Lipinski definition) is 0. The number of esters is 1. The molecule has 2 aromatic carbocycles. The molecule has 0 amide bonds. The highest BCUT2D eigenvalue weighted by Crippen LogP contribution is 2.30. The third-order valence-corrected chi connectivity index (χ3v) is 4.85. The van der Waals surface area contributed by atoms with E-state index in [0.29, 0.717) is 24.0 Å². The number of hydrogen-bond acceptors (Lipinski definition) is 5. The summed E-state index contributed by atoms with van der Waals surface area (Å²) in [5.74, 6) is 1.78. The first-order valence-electron chi connectivity index (χ1n) is 9.70. The fourth-order valence-electron chi connectivity index (χ4n) is 2.94. The summed E-state index contributed by atoms with van der Waals surface area (Å²) in [5, 5.41) is 0. The molecular weight excluding hydrogens is 366 g/mol. The molecule has 5 nitrogen and oxygen atoms in total. The summed E-state index contributed by atoms with van der Waals surface area (Å²) in [6, 6.07) is 19.1. The smallest absolute Gasteiger partial charge is 0.337 e. The van der Waals surface area contributed by atoms with E-state index in [1.807, 2.05) is 48.5 Å². The van der Waals surface area contributed by atoms with Crippen LogP contribution in [0.4, 0.5) is 0 Å². The Hall–Kier alpha value is -3.34. The number of ether oxygens (including phenoxy) is 3. The summed E-state index contributed by atoms with van der Waals surface area (Å²) >= 11 is 0. The van der Waals surface area contributed by atoms with Gasteiger partial charge in [-0.1, -0.05) is 24.3 Å². The van der Waals surface area contributed by atoms with Crippen LogP contribution < -0.4 is 9.47 Å². The molecule has 1 aliphatic rings. The lowest BCUT2D eigenvalue weighted by atomic mass is 10.1. The molecule has 1 aliphatic carbocycles. The molecular formula is C24H23NO4. The lowest BCUT2D eigenvalue weighted by molar-refractivity contribution is 0.0600. The average molecular weight is 389 g/mol. The van der Waals surface area contributed by atoms with Crippen LogP contribution in [0, 0.1) is 5.92 Å². The van der Waals surface area contributed by atoms with Gasteiger partial charge in [0.1, 0.15) is 12.4 Å². The van der Waals surface area contributed by atoms with Gasteiger partial charge in [-0.15, -0.1) is 0 Å². The van der Waals surface area contributed by atoms with E-state index in [-0.39, 0.29) is 5.97 Å². The van der Waals surface area contributed by atoms with Gasteiger partial charge >= 0.3 is 5.97 Å². The largest absolute Gasteiger partial charge is 0.489 e. The molecule has 5 heteroatoms. The number of carbonyl (C=O) groups excluding carboxylic acids is 1. The molecule has 1 saturated carbocycles. The minimum absolute atomic E-state index is 0.344. The van der Waals surface area contributed by atoms with Crippen LogP contribution >= 0.6 is 0 Å². The topological polar surface area (TPSA) is 57.7 Å². The number of rotatable bonds is 8. The van der Waals surface area contributed by atoms with Gasteiger partial charge in [0.15, 0.2) is 0 Å². The van der Waals surface area contributed by atoms with Crippen LogP contribution in [0.25, 0.3) is 11.1 Å². The Morgan fingerprint density at radius 3 is 2.55 bits per heavy atom. The van der Waals surface area contributed by atoms with Crippen LogP contribution in [-0.4, -0.2) is 24.7 Å². The van der Waals surface area contributed by atoms with Crippen LogP contribution in [0.15, 0.2) is 66.9 Å². The van der Waals surface area contributed by atoms with Crippen molar-refractivity contribution < 1.29 is 19.0 Å². The van der Waals surface area contributed by atoms with Crippen LogP contribution in [0.3, 0.4) is 0 Å². The van der Waals surface area contributed by atoms with Crippen molar-refractivity contribution in [3.05, 3.63) is 78.0 Å². The quantitative estimate of drug-likeness (QED) is 0.513. The van der Waals surface area contributed by atoms with Crippen molar-refractivity contribution in [2.75, 3.05) is 13.7 Å². The maximum Gasteiger partial charge on any atom is 0.337 e. The summed E-state index contributed by atoms with van der Waals surface area (Å²) < 4.78 is 16.4. The van der Waals surface area contributed by atoms with Gasteiger partial charge in [0.05, 0.1) is 19.3 Å². The van der Waals surface area contributed by atoms with Crippen LogP contribution in [0.5, 0.6) is 11.6 Å². The average Bonchev–Trinajstić information content (AvgIpc) is 3.61. The highest BCUT2D eigenvalue weighted by atomic mass is 16.5. The number of methoxy groups -OCH3 is 1. The van der Waals surface area contributed by atoms with Gasteiger partial charge < -0.3 is 14.2 Å². The predicted octanol–water partition coefficient (Wildman–Crippen LogP) is 4.90. The zero-order chi connectivity index (χ0) is 20.1. The van der Waals surface area contributed by atoms with E-state index in [2.05, 4.69) is 4.98 Å². The second kappa shape index (κ2) is 8.78. The Bertz CT molecular complexity index is 980. The van der Waals surface area contributed by atoms with E-state index in [0.717, 1.165) is 29.0 Å². The van der Waals surface area contributed by atoms with Gasteiger partial charge in [0.2, 0.25) is 5.88 Å². The third-order valence-electron chi connectivity index (χ3n) is 4.85. The van der Waals surface area contributed by atoms with E-state index in [9.17, 15) is 4.79 Å². The first-order chi connectivity index (χ1) is 14.2. The highest BCUT2D eigenvalue weighted by Gasteiger charge is 2.22. The maximum absolute atomic E-state index is 11.5. The standard InChI is InChI=1S/C24H23NO4/c1-27-24(26)19-9-7-18(8-10-19)15-28-22-4-2-3-20(13-22)21-11-12-25-23(14-21)29-16-17-5-6-17/h2-4,7-14,17H,5-6,15-16H2,1H3. The first-order valence-corrected chi connectivity index (χ1v) is 9.70. The summed E-state index contributed by atoms with van der Waals surface area (Å²) in [5.41, 5.74) is 3.58. The lowest BCUT2D eigenvalue weighted by Crippen LogP contribution is -2.02. The highest BCUT2D eigenvalue weighted by molar-refractivity contribution is 5.89. The molecule has 3 aromatic rings. The van der Waals surface area contributed by atoms with Gasteiger partial charge in [-0.25, -0.2) is 9.78 Å². The Morgan fingerprint density at radius 1 is 1.00 bits per heavy atom. The van der Waals surface area contributed by atoms with Gasteiger partial charge in [-0.3, -0.25) is 0 Å². The van der Waals surface area contributed by atoms with Gasteiger partial charge in [-0.2, -0.15) is 0 Å². The van der Waals surface area contributed by atoms with Crippen molar-refractivity contribution in [2.45, 2.75) is 19.4 Å². The molecule has 148 valence electrons. The maximum atomic E-state index is 11.5. The second-order valence-electron chi connectivity index (χ2n) is 7.14. The first kappa shape index (κ1) is 19.0. The van der Waals surface area contributed by atoms with Gasteiger partial charge in [-0.05, 0) is 65.8 Å². The fourth-order valence-corrected chi connectivity index (χ4v) is 2.94. The van der Waals surface area contributed by atoms with Gasteiger partial charge in [0.25, 0.3) is 0 Å². The fraction of sp³-hybridized carbons (Fsp3) is 0.250. The molecule has 0 bridgehead atoms. The molecule has 0 atom stereocenters. The van der Waals surface area contributed by atoms with Crippen molar-refractivity contribution >= 4 is 5.97 Å². The van der Waals surface area contributed by atoms with Gasteiger partial charge in [0, 0.05) is 12.3 Å². The monoisotopic (exact) mass is 389 g/mol. The molecule has 0 unspecified atom stereocenters. The predicted molar refractivity (Wildman–Crippen MR) is 110 cm³/mol. The summed E-state index contributed by atoms with van der Waals surface area (Å²) in [6.07, 6.45) is 4.28. The molecule has 0 N–H and O–H groups in total. The minimum atomic E-state index is -0.344. The molecule has 0 spiro atoms. The SMILES string of the molecule is COC(=O)c1ccc(COc2cccc(-c3ccnc(OCC4CC4)c3)c2)cc1. The summed E-state index contributed by atoms with van der Waals surface area (Å²) in [4.78, 5) is 15.8. The number of carbonyl (C=O) groups is 1. The van der Waals surface area contributed by atoms with E-state index in [1.165, 1.54) is 20.0 Å². The summed E-state index contributed by atoms with van der Waals surface area (Å²) in [6.45, 7) is 1.16. The molecule has 1 fully saturated rings. The van der Waals surface area contributed by atoms with Crippen molar-refractivity contribution in [1.82, 2.24) is 4.98 Å². The number of benzene rings is 2. The van der Waals surface area contributed by atoms with E-state index >= 15 is 0 Å². The molecule has 1 aromatic heterocycles. The zero-order valence-corrected chi connectivity index (χ0v) is 16.3. The Balaban J connectivity index is 1.40. The normalized spacial score (nSPS) is 13.0. The van der Waals surface area contributed by atoms with Crippen molar-refractivity contribution in [3.63, 3.8) is 0 Å². The number of aromatic nitrogens is 1. The number of pyridine rings is 1. The minimum Gasteiger partial charge on any atom is -0.489 e. The molecule has 0 radical (unpaired) electrons. The Morgan fingerprint density at radius 2 is 1.79 bits per heavy atom. The molecule has 0 aliphatic heterocycles. The van der Waals surface area contributed by atoms with Crippen LogP contribution in [-0.2, 0) is 11.3 Å². The van der Waals surface area contributed by atoms with Crippen LogP contribution in [0.1, 0.15) is 28.8 Å². The van der Waals surface area contributed by atoms with E-state index in [1.54, 1.807) is 18.3 Å². The molecule has 29 heavy (non-hydrogen) atoms. The molecule has 4 rings (SSSR count). The van der Waals surface area contributed by atoms with Crippen molar-refractivity contribution in [3.8, 4) is 22.8 Å². The Labute approximate surface area is 170 Å². The van der Waals surface area contributed by atoms with Crippen molar-refractivity contribution in [1.29, 1.82) is 0 Å². The van der Waals surface area contributed by atoms with Crippen LogP contribution in [0.2, 0.25) is 0 Å². The Kier molecular flexibility index (Phi) is 5.75. The van der Waals surface area contributed by atoms with E-state index in [4.69, 9.17) is 14.2 Å². The lowest BCUT2D eigenvalue weighted by Gasteiger charge is -2.10. The number of nitrogens with zero attached hydrogens (tertiary/aromatic N) is 1.